The number of hydrogen-bond acceptors (Lipinski definition) is 2. The molecule has 3 rings (SSSR count). The Balaban J connectivity index is 1.87. The molecule has 1 heterocycles. The molecule has 2 N–H and O–H groups in total. The summed E-state index contributed by atoms with van der Waals surface area (Å²) >= 11 is 0. The second kappa shape index (κ2) is 5.29. The van der Waals surface area contributed by atoms with Crippen molar-refractivity contribution in [3.05, 3.63) is 65.7 Å². The zero-order valence-corrected chi connectivity index (χ0v) is 11.9. The van der Waals surface area contributed by atoms with Crippen molar-refractivity contribution < 1.29 is 4.74 Å². The summed E-state index contributed by atoms with van der Waals surface area (Å²) in [6, 6.07) is 18.7. The highest BCUT2D eigenvalue weighted by atomic mass is 16.5. The van der Waals surface area contributed by atoms with Crippen molar-refractivity contribution in [2.75, 3.05) is 6.61 Å². The Morgan fingerprint density at radius 2 is 1.80 bits per heavy atom. The molecular weight excluding hydrogens is 246 g/mol. The van der Waals surface area contributed by atoms with E-state index in [-0.39, 0.29) is 5.54 Å². The van der Waals surface area contributed by atoms with Gasteiger partial charge in [0.2, 0.25) is 0 Å². The number of hydrogen-bond donors (Lipinski definition) is 1. The second-order valence-corrected chi connectivity index (χ2v) is 5.63. The first-order valence-corrected chi connectivity index (χ1v) is 7.29. The van der Waals surface area contributed by atoms with Crippen LogP contribution >= 0.6 is 0 Å². The first-order valence-electron chi connectivity index (χ1n) is 7.29. The number of para-hydroxylation sites is 1. The van der Waals surface area contributed by atoms with Crippen LogP contribution < -0.4 is 10.5 Å². The predicted molar refractivity (Wildman–Crippen MR) is 81.9 cm³/mol. The highest BCUT2D eigenvalue weighted by Crippen LogP contribution is 2.41. The maximum Gasteiger partial charge on any atom is 0.122 e. The molecule has 20 heavy (non-hydrogen) atoms. The fourth-order valence-electron chi connectivity index (χ4n) is 3.07. The lowest BCUT2D eigenvalue weighted by atomic mass is 9.79. The SMILES string of the molecule is CCC(N)(CC1COc2ccccc21)c1ccccc1. The van der Waals surface area contributed by atoms with Crippen LogP contribution in [-0.2, 0) is 5.54 Å². The van der Waals surface area contributed by atoms with Crippen LogP contribution in [0.5, 0.6) is 5.75 Å². The van der Waals surface area contributed by atoms with Gasteiger partial charge in [0.1, 0.15) is 5.75 Å². The monoisotopic (exact) mass is 267 g/mol. The summed E-state index contributed by atoms with van der Waals surface area (Å²) in [5.74, 6) is 1.40. The fourth-order valence-corrected chi connectivity index (χ4v) is 3.07. The zero-order chi connectivity index (χ0) is 14.0. The smallest absolute Gasteiger partial charge is 0.122 e. The predicted octanol–water partition coefficient (Wildman–Crippen LogP) is 3.82. The third kappa shape index (κ3) is 2.32. The molecule has 2 atom stereocenters. The molecule has 2 unspecified atom stereocenters. The molecule has 2 heteroatoms. The maximum absolute atomic E-state index is 6.70. The lowest BCUT2D eigenvalue weighted by Crippen LogP contribution is -2.37. The van der Waals surface area contributed by atoms with Crippen molar-refractivity contribution in [1.82, 2.24) is 0 Å². The van der Waals surface area contributed by atoms with Crippen molar-refractivity contribution >= 4 is 0 Å². The molecular formula is C18H21NO. The van der Waals surface area contributed by atoms with Gasteiger partial charge in [-0.05, 0) is 24.5 Å². The molecule has 1 aliphatic rings. The molecule has 2 nitrogen and oxygen atoms in total. The molecule has 0 saturated heterocycles. The summed E-state index contributed by atoms with van der Waals surface area (Å²) in [5, 5.41) is 0. The molecule has 0 bridgehead atoms. The Kier molecular flexibility index (Phi) is 3.49. The van der Waals surface area contributed by atoms with Crippen molar-refractivity contribution in [3.8, 4) is 5.75 Å². The van der Waals surface area contributed by atoms with Crippen LogP contribution in [0.2, 0.25) is 0 Å². The quantitative estimate of drug-likeness (QED) is 0.914. The Bertz CT molecular complexity index is 581. The number of fused-ring (bicyclic) bond motifs is 1. The van der Waals surface area contributed by atoms with Crippen LogP contribution in [0.3, 0.4) is 0 Å². The highest BCUT2D eigenvalue weighted by Gasteiger charge is 2.33. The van der Waals surface area contributed by atoms with Gasteiger partial charge < -0.3 is 10.5 Å². The second-order valence-electron chi connectivity index (χ2n) is 5.63. The van der Waals surface area contributed by atoms with E-state index in [4.69, 9.17) is 10.5 Å². The minimum atomic E-state index is -0.285. The van der Waals surface area contributed by atoms with Crippen molar-refractivity contribution in [2.24, 2.45) is 5.73 Å². The van der Waals surface area contributed by atoms with E-state index in [2.05, 4.69) is 43.3 Å². The summed E-state index contributed by atoms with van der Waals surface area (Å²) in [6.07, 6.45) is 1.85. The first kappa shape index (κ1) is 13.2. The number of nitrogens with two attached hydrogens (primary N) is 1. The number of ether oxygens (including phenoxy) is 1. The molecule has 0 aliphatic carbocycles. The average molecular weight is 267 g/mol. The summed E-state index contributed by atoms with van der Waals surface area (Å²) in [4.78, 5) is 0. The van der Waals surface area contributed by atoms with Gasteiger partial charge in [-0.15, -0.1) is 0 Å². The van der Waals surface area contributed by atoms with Gasteiger partial charge in [-0.25, -0.2) is 0 Å². The van der Waals surface area contributed by atoms with Gasteiger partial charge in [-0.3, -0.25) is 0 Å². The van der Waals surface area contributed by atoms with Gasteiger partial charge in [0.15, 0.2) is 0 Å². The Morgan fingerprint density at radius 3 is 2.55 bits per heavy atom. The van der Waals surface area contributed by atoms with E-state index in [1.165, 1.54) is 11.1 Å². The molecule has 0 amide bonds. The molecule has 0 aromatic heterocycles. The topological polar surface area (TPSA) is 35.2 Å². The number of rotatable bonds is 4. The lowest BCUT2D eigenvalue weighted by Gasteiger charge is -2.31. The summed E-state index contributed by atoms with van der Waals surface area (Å²) in [6.45, 7) is 2.90. The number of benzene rings is 2. The van der Waals surface area contributed by atoms with E-state index in [0.717, 1.165) is 25.2 Å². The van der Waals surface area contributed by atoms with Crippen LogP contribution in [0.15, 0.2) is 54.6 Å². The molecule has 2 aromatic rings. The van der Waals surface area contributed by atoms with Gasteiger partial charge in [0.25, 0.3) is 0 Å². The van der Waals surface area contributed by atoms with E-state index in [9.17, 15) is 0 Å². The maximum atomic E-state index is 6.70. The standard InChI is InChI=1S/C18H21NO/c1-2-18(19,15-8-4-3-5-9-15)12-14-13-20-17-11-7-6-10-16(14)17/h3-11,14H,2,12-13,19H2,1H3. The van der Waals surface area contributed by atoms with E-state index in [0.29, 0.717) is 5.92 Å². The van der Waals surface area contributed by atoms with Gasteiger partial charge in [-0.1, -0.05) is 55.5 Å². The van der Waals surface area contributed by atoms with Crippen molar-refractivity contribution in [3.63, 3.8) is 0 Å². The Morgan fingerprint density at radius 1 is 1.10 bits per heavy atom. The third-order valence-electron chi connectivity index (χ3n) is 4.39. The highest BCUT2D eigenvalue weighted by molar-refractivity contribution is 5.40. The van der Waals surface area contributed by atoms with Crippen molar-refractivity contribution in [1.29, 1.82) is 0 Å². The Hall–Kier alpha value is -1.80. The van der Waals surface area contributed by atoms with Gasteiger partial charge in [-0.2, -0.15) is 0 Å². The molecule has 104 valence electrons. The van der Waals surface area contributed by atoms with Crippen LogP contribution in [-0.4, -0.2) is 6.61 Å². The molecule has 0 saturated carbocycles. The first-order chi connectivity index (χ1) is 9.73. The molecule has 1 aliphatic heterocycles. The van der Waals surface area contributed by atoms with E-state index < -0.39 is 0 Å². The Labute approximate surface area is 120 Å². The minimum Gasteiger partial charge on any atom is -0.493 e. The summed E-state index contributed by atoms with van der Waals surface area (Å²) in [7, 11) is 0. The lowest BCUT2D eigenvalue weighted by molar-refractivity contribution is 0.285. The van der Waals surface area contributed by atoms with Crippen molar-refractivity contribution in [2.45, 2.75) is 31.2 Å². The van der Waals surface area contributed by atoms with E-state index in [1.807, 2.05) is 18.2 Å². The molecule has 2 aromatic carbocycles. The minimum absolute atomic E-state index is 0.285. The van der Waals surface area contributed by atoms with Crippen LogP contribution in [0.4, 0.5) is 0 Å². The van der Waals surface area contributed by atoms with Crippen LogP contribution in [0.1, 0.15) is 36.8 Å². The fraction of sp³-hybridized carbons (Fsp3) is 0.333. The van der Waals surface area contributed by atoms with Gasteiger partial charge in [0.05, 0.1) is 6.61 Å². The molecule has 0 fully saturated rings. The van der Waals surface area contributed by atoms with Gasteiger partial charge >= 0.3 is 0 Å². The zero-order valence-electron chi connectivity index (χ0n) is 11.9. The van der Waals surface area contributed by atoms with Gasteiger partial charge in [0, 0.05) is 17.0 Å². The van der Waals surface area contributed by atoms with E-state index >= 15 is 0 Å². The van der Waals surface area contributed by atoms with Crippen LogP contribution in [0.25, 0.3) is 0 Å². The summed E-state index contributed by atoms with van der Waals surface area (Å²) in [5.41, 5.74) is 8.93. The van der Waals surface area contributed by atoms with E-state index in [1.54, 1.807) is 0 Å². The average Bonchev–Trinajstić information content (AvgIpc) is 2.91. The van der Waals surface area contributed by atoms with Crippen LogP contribution in [0, 0.1) is 0 Å². The summed E-state index contributed by atoms with van der Waals surface area (Å²) < 4.78 is 5.78. The molecule has 0 spiro atoms. The molecule has 0 radical (unpaired) electrons. The largest absolute Gasteiger partial charge is 0.493 e. The third-order valence-corrected chi connectivity index (χ3v) is 4.39. The normalized spacial score (nSPS) is 20.0.